The molecule has 0 atom stereocenters. The van der Waals surface area contributed by atoms with E-state index in [1.54, 1.807) is 0 Å². The Hall–Kier alpha value is -2.55. The SMILES string of the molecule is Cc1ccc(Nc2nn(CN3CCC(NC(=O)CCc4ccccc4)CC3)c(=S)s2)cc1. The van der Waals surface area contributed by atoms with Gasteiger partial charge in [-0.1, -0.05) is 59.4 Å². The van der Waals surface area contributed by atoms with Crippen molar-refractivity contribution in [3.8, 4) is 0 Å². The molecule has 2 aromatic carbocycles. The Bertz CT molecular complexity index is 1070. The lowest BCUT2D eigenvalue weighted by atomic mass is 10.0. The molecule has 0 unspecified atom stereocenters. The maximum Gasteiger partial charge on any atom is 0.220 e. The van der Waals surface area contributed by atoms with Crippen LogP contribution >= 0.6 is 23.6 Å². The van der Waals surface area contributed by atoms with E-state index in [0.29, 0.717) is 13.1 Å². The summed E-state index contributed by atoms with van der Waals surface area (Å²) in [5.41, 5.74) is 3.44. The second-order valence-electron chi connectivity index (χ2n) is 8.25. The van der Waals surface area contributed by atoms with Gasteiger partial charge < -0.3 is 10.6 Å². The van der Waals surface area contributed by atoms with Crippen molar-refractivity contribution in [1.82, 2.24) is 20.0 Å². The molecule has 3 aromatic rings. The fraction of sp³-hybridized carbons (Fsp3) is 0.375. The topological polar surface area (TPSA) is 62.2 Å². The van der Waals surface area contributed by atoms with E-state index in [0.717, 1.165) is 47.1 Å². The number of aryl methyl sites for hydroxylation is 2. The van der Waals surface area contributed by atoms with Crippen LogP contribution in [0.4, 0.5) is 10.8 Å². The van der Waals surface area contributed by atoms with E-state index < -0.39 is 0 Å². The second-order valence-corrected chi connectivity index (χ2v) is 9.87. The molecule has 1 fully saturated rings. The largest absolute Gasteiger partial charge is 0.353 e. The van der Waals surface area contributed by atoms with E-state index in [2.05, 4.69) is 51.8 Å². The summed E-state index contributed by atoms with van der Waals surface area (Å²) in [5, 5.41) is 12.0. The van der Waals surface area contributed by atoms with Gasteiger partial charge in [0, 0.05) is 31.2 Å². The second kappa shape index (κ2) is 10.8. The van der Waals surface area contributed by atoms with Crippen LogP contribution in [0.5, 0.6) is 0 Å². The third-order valence-corrected chi connectivity index (χ3v) is 6.90. The van der Waals surface area contributed by atoms with Gasteiger partial charge in [0.25, 0.3) is 0 Å². The van der Waals surface area contributed by atoms with E-state index in [1.807, 2.05) is 35.0 Å². The summed E-state index contributed by atoms with van der Waals surface area (Å²) in [7, 11) is 0. The lowest BCUT2D eigenvalue weighted by Gasteiger charge is -2.32. The van der Waals surface area contributed by atoms with Crippen LogP contribution in [0, 0.1) is 10.9 Å². The maximum absolute atomic E-state index is 12.3. The fourth-order valence-corrected chi connectivity index (χ4v) is 4.83. The summed E-state index contributed by atoms with van der Waals surface area (Å²) in [4.78, 5) is 14.7. The number of benzene rings is 2. The molecule has 168 valence electrons. The first-order valence-electron chi connectivity index (χ1n) is 11.0. The first kappa shape index (κ1) is 22.6. The van der Waals surface area contributed by atoms with E-state index in [1.165, 1.54) is 22.5 Å². The van der Waals surface area contributed by atoms with Crippen LogP contribution in [0.2, 0.25) is 0 Å². The Morgan fingerprint density at radius 1 is 1.12 bits per heavy atom. The van der Waals surface area contributed by atoms with Gasteiger partial charge in [-0.15, -0.1) is 5.10 Å². The minimum Gasteiger partial charge on any atom is -0.353 e. The Morgan fingerprint density at radius 3 is 2.56 bits per heavy atom. The molecule has 0 saturated carbocycles. The van der Waals surface area contributed by atoms with Crippen LogP contribution in [0.25, 0.3) is 0 Å². The number of nitrogens with zero attached hydrogens (tertiary/aromatic N) is 3. The van der Waals surface area contributed by atoms with Crippen LogP contribution in [-0.2, 0) is 17.9 Å². The third kappa shape index (κ3) is 6.48. The fourth-order valence-electron chi connectivity index (χ4n) is 3.82. The third-order valence-electron chi connectivity index (χ3n) is 5.68. The predicted molar refractivity (Wildman–Crippen MR) is 133 cm³/mol. The smallest absolute Gasteiger partial charge is 0.220 e. The number of hydrogen-bond acceptors (Lipinski definition) is 6. The number of rotatable bonds is 8. The predicted octanol–water partition coefficient (Wildman–Crippen LogP) is 4.90. The van der Waals surface area contributed by atoms with Gasteiger partial charge in [-0.25, -0.2) is 4.68 Å². The van der Waals surface area contributed by atoms with Crippen molar-refractivity contribution in [2.24, 2.45) is 0 Å². The lowest BCUT2D eigenvalue weighted by Crippen LogP contribution is -2.45. The normalized spacial score (nSPS) is 14.9. The van der Waals surface area contributed by atoms with Crippen LogP contribution in [0.15, 0.2) is 54.6 Å². The number of anilines is 2. The molecule has 0 bridgehead atoms. The number of hydrogen-bond donors (Lipinski definition) is 2. The highest BCUT2D eigenvalue weighted by molar-refractivity contribution is 7.73. The van der Waals surface area contributed by atoms with Crippen molar-refractivity contribution < 1.29 is 4.79 Å². The Kier molecular flexibility index (Phi) is 7.68. The molecule has 0 spiro atoms. The molecule has 0 radical (unpaired) electrons. The first-order chi connectivity index (χ1) is 15.5. The van der Waals surface area contributed by atoms with Crippen molar-refractivity contribution in [2.45, 2.75) is 45.3 Å². The summed E-state index contributed by atoms with van der Waals surface area (Å²) in [6.07, 6.45) is 3.22. The molecule has 1 aliphatic rings. The van der Waals surface area contributed by atoms with Crippen LogP contribution < -0.4 is 10.6 Å². The summed E-state index contributed by atoms with van der Waals surface area (Å²) < 4.78 is 2.64. The number of carbonyl (C=O) groups excluding carboxylic acids is 1. The van der Waals surface area contributed by atoms with E-state index in [-0.39, 0.29) is 11.9 Å². The number of likely N-dealkylation sites (tertiary alicyclic amines) is 1. The molecule has 8 heteroatoms. The first-order valence-corrected chi connectivity index (χ1v) is 12.2. The number of piperidine rings is 1. The maximum atomic E-state index is 12.3. The van der Waals surface area contributed by atoms with Crippen molar-refractivity contribution in [3.05, 3.63) is 69.7 Å². The summed E-state index contributed by atoms with van der Waals surface area (Å²) >= 11 is 7.01. The Balaban J connectivity index is 1.22. The van der Waals surface area contributed by atoms with Gasteiger partial charge >= 0.3 is 0 Å². The molecular formula is C24H29N5OS2. The van der Waals surface area contributed by atoms with Gasteiger partial charge in [0.05, 0.1) is 6.67 Å². The highest BCUT2D eigenvalue weighted by Gasteiger charge is 2.21. The molecular weight excluding hydrogens is 438 g/mol. The van der Waals surface area contributed by atoms with Crippen molar-refractivity contribution >= 4 is 40.3 Å². The number of aromatic nitrogens is 2. The van der Waals surface area contributed by atoms with Gasteiger partial charge in [-0.05, 0) is 56.1 Å². The van der Waals surface area contributed by atoms with E-state index in [9.17, 15) is 4.79 Å². The average molecular weight is 468 g/mol. The minimum absolute atomic E-state index is 0.140. The number of nitrogens with one attached hydrogen (secondary N) is 2. The Labute approximate surface area is 198 Å². The highest BCUT2D eigenvalue weighted by atomic mass is 32.1. The van der Waals surface area contributed by atoms with Crippen LogP contribution in [0.3, 0.4) is 0 Å². The number of carbonyl (C=O) groups is 1. The summed E-state index contributed by atoms with van der Waals surface area (Å²) in [5.74, 6) is 0.140. The molecule has 1 amide bonds. The van der Waals surface area contributed by atoms with Crippen molar-refractivity contribution in [3.63, 3.8) is 0 Å². The Morgan fingerprint density at radius 2 is 1.84 bits per heavy atom. The van der Waals surface area contributed by atoms with E-state index in [4.69, 9.17) is 12.2 Å². The highest BCUT2D eigenvalue weighted by Crippen LogP contribution is 2.21. The van der Waals surface area contributed by atoms with Gasteiger partial charge in [-0.2, -0.15) is 0 Å². The number of amides is 1. The molecule has 1 aliphatic heterocycles. The molecule has 1 saturated heterocycles. The van der Waals surface area contributed by atoms with Crippen molar-refractivity contribution in [1.29, 1.82) is 0 Å². The minimum atomic E-state index is 0.140. The quantitative estimate of drug-likeness (QED) is 0.462. The van der Waals surface area contributed by atoms with E-state index >= 15 is 0 Å². The van der Waals surface area contributed by atoms with Crippen LogP contribution in [-0.4, -0.2) is 39.7 Å². The molecule has 32 heavy (non-hydrogen) atoms. The molecule has 6 nitrogen and oxygen atoms in total. The van der Waals surface area contributed by atoms with Gasteiger partial charge in [0.1, 0.15) is 0 Å². The summed E-state index contributed by atoms with van der Waals surface area (Å²) in [6, 6.07) is 18.6. The zero-order valence-electron chi connectivity index (χ0n) is 18.3. The van der Waals surface area contributed by atoms with Gasteiger partial charge in [0.15, 0.2) is 3.95 Å². The average Bonchev–Trinajstić information content (AvgIpc) is 3.14. The zero-order valence-corrected chi connectivity index (χ0v) is 19.9. The molecule has 1 aromatic heterocycles. The standard InChI is InChI=1S/C24H29N5OS2/c1-18-7-10-20(11-8-18)26-23-27-29(24(31)32-23)17-28-15-13-21(14-16-28)25-22(30)12-9-19-5-3-2-4-6-19/h2-8,10-11,21H,9,12-17H2,1H3,(H,25,30)(H,26,27). The zero-order chi connectivity index (χ0) is 22.3. The molecule has 4 rings (SSSR count). The van der Waals surface area contributed by atoms with Gasteiger partial charge in [0.2, 0.25) is 11.0 Å². The van der Waals surface area contributed by atoms with Gasteiger partial charge in [-0.3, -0.25) is 9.69 Å². The summed E-state index contributed by atoms with van der Waals surface area (Å²) in [6.45, 7) is 4.59. The molecule has 2 heterocycles. The lowest BCUT2D eigenvalue weighted by molar-refractivity contribution is -0.122. The monoisotopic (exact) mass is 467 g/mol. The molecule has 2 N–H and O–H groups in total. The van der Waals surface area contributed by atoms with Crippen LogP contribution in [0.1, 0.15) is 30.4 Å². The van der Waals surface area contributed by atoms with Crippen molar-refractivity contribution in [2.75, 3.05) is 18.4 Å². The molecule has 0 aliphatic carbocycles.